The van der Waals surface area contributed by atoms with E-state index in [9.17, 15) is 23.6 Å². The van der Waals surface area contributed by atoms with Crippen LogP contribution in [0.4, 0.5) is 9.18 Å². The van der Waals surface area contributed by atoms with E-state index < -0.39 is 35.7 Å². The molecule has 1 saturated heterocycles. The largest absolute Gasteiger partial charge is 0.334 e. The number of nitrogens with zero attached hydrogens (tertiary/aromatic N) is 3. The Morgan fingerprint density at radius 3 is 2.57 bits per heavy atom. The van der Waals surface area contributed by atoms with Crippen LogP contribution < -0.4 is 10.9 Å². The molecule has 35 heavy (non-hydrogen) atoms. The van der Waals surface area contributed by atoms with Crippen LogP contribution in [0.25, 0.3) is 10.9 Å². The number of aromatic amines is 1. The lowest BCUT2D eigenvalue weighted by Crippen LogP contribution is -2.44. The Balaban J connectivity index is 1.54. The summed E-state index contributed by atoms with van der Waals surface area (Å²) in [6, 6.07) is 9.21. The molecule has 1 aliphatic rings. The number of hydrogen-bond donors (Lipinski definition) is 2. The zero-order chi connectivity index (χ0) is 25.3. The maximum absolute atomic E-state index is 13.3. The summed E-state index contributed by atoms with van der Waals surface area (Å²) in [6.07, 6.45) is 0.600. The van der Waals surface area contributed by atoms with Crippen LogP contribution in [0.5, 0.6) is 0 Å². The van der Waals surface area contributed by atoms with Crippen molar-refractivity contribution in [2.24, 2.45) is 0 Å². The molecule has 4 rings (SSSR count). The van der Waals surface area contributed by atoms with Gasteiger partial charge in [0.15, 0.2) is 0 Å². The van der Waals surface area contributed by atoms with Gasteiger partial charge in [0.05, 0.1) is 17.4 Å². The number of hydrogen-bond acceptors (Lipinski definition) is 5. The van der Waals surface area contributed by atoms with Gasteiger partial charge in [-0.2, -0.15) is 0 Å². The Kier molecular flexibility index (Phi) is 6.58. The van der Waals surface area contributed by atoms with Crippen LogP contribution in [0, 0.1) is 5.82 Å². The molecule has 3 aromatic rings. The number of nitrogens with one attached hydrogen (secondary N) is 2. The van der Waals surface area contributed by atoms with Crippen molar-refractivity contribution in [2.45, 2.75) is 32.4 Å². The highest BCUT2D eigenvalue weighted by atomic mass is 35.5. The van der Waals surface area contributed by atoms with Gasteiger partial charge in [0.2, 0.25) is 5.91 Å². The minimum absolute atomic E-state index is 0.0246. The minimum Gasteiger partial charge on any atom is -0.334 e. The summed E-state index contributed by atoms with van der Waals surface area (Å²) in [4.78, 5) is 60.7. The van der Waals surface area contributed by atoms with Gasteiger partial charge < -0.3 is 15.2 Å². The molecule has 9 nitrogen and oxygen atoms in total. The van der Waals surface area contributed by atoms with Gasteiger partial charge >= 0.3 is 6.03 Å². The smallest absolute Gasteiger partial charge is 0.325 e. The Hall–Kier alpha value is -3.79. The van der Waals surface area contributed by atoms with Crippen LogP contribution in [-0.4, -0.2) is 50.7 Å². The molecule has 1 aliphatic heterocycles. The van der Waals surface area contributed by atoms with Crippen molar-refractivity contribution in [3.63, 3.8) is 0 Å². The zero-order valence-corrected chi connectivity index (χ0v) is 19.9. The van der Waals surface area contributed by atoms with Crippen LogP contribution in [-0.2, 0) is 21.7 Å². The summed E-state index contributed by atoms with van der Waals surface area (Å²) in [5.41, 5.74) is -1.00. The van der Waals surface area contributed by atoms with Crippen LogP contribution in [0.2, 0.25) is 5.02 Å². The molecular formula is C24H23ClFN5O4. The Morgan fingerprint density at radius 2 is 1.89 bits per heavy atom. The molecule has 4 amide bonds. The van der Waals surface area contributed by atoms with Crippen LogP contribution in [0.3, 0.4) is 0 Å². The van der Waals surface area contributed by atoms with E-state index in [-0.39, 0.29) is 17.9 Å². The number of fused-ring (bicyclic) bond motifs is 1. The maximum Gasteiger partial charge on any atom is 0.325 e. The van der Waals surface area contributed by atoms with Gasteiger partial charge in [0.25, 0.3) is 11.5 Å². The van der Waals surface area contributed by atoms with E-state index in [0.29, 0.717) is 34.5 Å². The highest BCUT2D eigenvalue weighted by molar-refractivity contribution is 6.31. The number of amides is 4. The van der Waals surface area contributed by atoms with E-state index in [2.05, 4.69) is 15.3 Å². The third-order valence-corrected chi connectivity index (χ3v) is 6.13. The van der Waals surface area contributed by atoms with Gasteiger partial charge in [-0.3, -0.25) is 19.3 Å². The van der Waals surface area contributed by atoms with Gasteiger partial charge in [-0.1, -0.05) is 30.7 Å². The number of H-pyrrole nitrogens is 1. The SMILES string of the molecule is CCCN(Cc1nc2cc(Cl)ccc2c(=O)[nH]1)C(=O)CN1C(=O)N[C@](C)(c2ccc(F)cc2)C1=O. The summed E-state index contributed by atoms with van der Waals surface area (Å²) in [5.74, 6) is -1.34. The number of benzene rings is 2. The fraction of sp³-hybridized carbons (Fsp3) is 0.292. The first kappa shape index (κ1) is 24.3. The monoisotopic (exact) mass is 499 g/mol. The lowest BCUT2D eigenvalue weighted by atomic mass is 9.92. The number of halogens is 2. The average Bonchev–Trinajstić information content (AvgIpc) is 3.02. The van der Waals surface area contributed by atoms with Crippen molar-refractivity contribution in [1.29, 1.82) is 0 Å². The molecule has 0 bridgehead atoms. The van der Waals surface area contributed by atoms with Gasteiger partial charge in [0.1, 0.15) is 23.7 Å². The van der Waals surface area contributed by atoms with E-state index in [1.165, 1.54) is 36.1 Å². The standard InChI is InChI=1S/C24H23ClFN5O4/c1-3-10-30(12-19-27-18-11-15(25)6-9-17(18)21(33)28-19)20(32)13-31-22(34)24(2,29-23(31)35)14-4-7-16(26)8-5-14/h4-9,11H,3,10,12-13H2,1-2H3,(H,29,35)(H,27,28,33)/t24-/m1/s1. The lowest BCUT2D eigenvalue weighted by molar-refractivity contribution is -0.139. The van der Waals surface area contributed by atoms with E-state index >= 15 is 0 Å². The molecule has 0 spiro atoms. The van der Waals surface area contributed by atoms with Gasteiger partial charge in [-0.15, -0.1) is 0 Å². The molecule has 11 heteroatoms. The van der Waals surface area contributed by atoms with Gasteiger partial charge in [0, 0.05) is 11.6 Å². The van der Waals surface area contributed by atoms with Crippen molar-refractivity contribution in [3.8, 4) is 0 Å². The predicted octanol–water partition coefficient (Wildman–Crippen LogP) is 2.92. The first-order chi connectivity index (χ1) is 16.6. The first-order valence-corrected chi connectivity index (χ1v) is 11.4. The van der Waals surface area contributed by atoms with Crippen LogP contribution in [0.15, 0.2) is 47.3 Å². The molecule has 0 unspecified atom stereocenters. The third-order valence-electron chi connectivity index (χ3n) is 5.89. The second-order valence-electron chi connectivity index (χ2n) is 8.44. The summed E-state index contributed by atoms with van der Waals surface area (Å²) >= 11 is 6.02. The molecule has 1 atom stereocenters. The lowest BCUT2D eigenvalue weighted by Gasteiger charge is -2.25. The number of rotatable bonds is 7. The maximum atomic E-state index is 13.3. The molecule has 2 N–H and O–H groups in total. The molecule has 1 aromatic heterocycles. The quantitative estimate of drug-likeness (QED) is 0.485. The normalized spacial score (nSPS) is 17.7. The highest BCUT2D eigenvalue weighted by Crippen LogP contribution is 2.29. The summed E-state index contributed by atoms with van der Waals surface area (Å²) < 4.78 is 13.3. The Labute approximate surface area is 204 Å². The van der Waals surface area contributed by atoms with E-state index in [4.69, 9.17) is 11.6 Å². The molecule has 0 radical (unpaired) electrons. The summed E-state index contributed by atoms with van der Waals surface area (Å²) in [5, 5.41) is 3.39. The van der Waals surface area contributed by atoms with Gasteiger partial charge in [-0.25, -0.2) is 14.2 Å². The third kappa shape index (κ3) is 4.74. The number of carbonyl (C=O) groups excluding carboxylic acids is 3. The molecule has 2 aromatic carbocycles. The van der Waals surface area contributed by atoms with Crippen molar-refractivity contribution in [3.05, 3.63) is 75.0 Å². The number of imide groups is 1. The molecule has 2 heterocycles. The fourth-order valence-electron chi connectivity index (χ4n) is 4.03. The summed E-state index contributed by atoms with van der Waals surface area (Å²) in [6.45, 7) is 3.17. The van der Waals surface area contributed by atoms with Crippen molar-refractivity contribution < 1.29 is 18.8 Å². The minimum atomic E-state index is -1.43. The van der Waals surface area contributed by atoms with Crippen LogP contribution in [0.1, 0.15) is 31.7 Å². The van der Waals surface area contributed by atoms with Gasteiger partial charge in [-0.05, 0) is 49.2 Å². The van der Waals surface area contributed by atoms with Crippen molar-refractivity contribution in [2.75, 3.05) is 13.1 Å². The number of aromatic nitrogens is 2. The predicted molar refractivity (Wildman–Crippen MR) is 127 cm³/mol. The zero-order valence-electron chi connectivity index (χ0n) is 19.1. The second kappa shape index (κ2) is 9.46. The second-order valence-corrected chi connectivity index (χ2v) is 8.88. The molecule has 0 saturated carbocycles. The van der Waals surface area contributed by atoms with E-state index in [1.807, 2.05) is 6.92 Å². The average molecular weight is 500 g/mol. The fourth-order valence-corrected chi connectivity index (χ4v) is 4.20. The Bertz CT molecular complexity index is 1380. The molecule has 1 fully saturated rings. The topological polar surface area (TPSA) is 115 Å². The van der Waals surface area contributed by atoms with Crippen LogP contribution >= 0.6 is 11.6 Å². The molecule has 0 aliphatic carbocycles. The number of urea groups is 1. The molecular weight excluding hydrogens is 477 g/mol. The van der Waals surface area contributed by atoms with Crippen molar-refractivity contribution >= 4 is 40.3 Å². The van der Waals surface area contributed by atoms with Crippen molar-refractivity contribution in [1.82, 2.24) is 25.1 Å². The highest BCUT2D eigenvalue weighted by Gasteiger charge is 2.49. The Morgan fingerprint density at radius 1 is 1.17 bits per heavy atom. The van der Waals surface area contributed by atoms with E-state index in [1.54, 1.807) is 18.2 Å². The van der Waals surface area contributed by atoms with E-state index in [0.717, 1.165) is 4.90 Å². The first-order valence-electron chi connectivity index (χ1n) is 11.0. The number of carbonyl (C=O) groups is 3. The summed E-state index contributed by atoms with van der Waals surface area (Å²) in [7, 11) is 0. The molecule has 182 valence electrons.